The predicted molar refractivity (Wildman–Crippen MR) is 58.0 cm³/mol. The van der Waals surface area contributed by atoms with Crippen LogP contribution in [0.25, 0.3) is 0 Å². The molecular weight excluding hydrogens is 160 g/mol. The summed E-state index contributed by atoms with van der Waals surface area (Å²) in [4.78, 5) is 2.64. The summed E-state index contributed by atoms with van der Waals surface area (Å²) in [7, 11) is 0. The molecule has 0 atom stereocenters. The van der Waals surface area contributed by atoms with E-state index in [9.17, 15) is 0 Å². The van der Waals surface area contributed by atoms with E-state index >= 15 is 0 Å². The molecule has 0 aromatic carbocycles. The number of piperazine rings is 1. The average molecular weight is 184 g/mol. The first kappa shape index (κ1) is 9.47. The molecule has 2 aliphatic rings. The molecule has 1 N–H and O–H groups in total. The monoisotopic (exact) mass is 184 g/mol. The van der Waals surface area contributed by atoms with E-state index in [0.717, 1.165) is 5.92 Å². The first-order valence-corrected chi connectivity index (χ1v) is 5.68. The van der Waals surface area contributed by atoms with Gasteiger partial charge in [-0.1, -0.05) is 13.8 Å². The molecule has 2 heteroatoms. The summed E-state index contributed by atoms with van der Waals surface area (Å²) in [6.45, 7) is 9.66. The second-order valence-electron chi connectivity index (χ2n) is 5.19. The van der Waals surface area contributed by atoms with Gasteiger partial charge in [-0.3, -0.25) is 4.90 Å². The van der Waals surface area contributed by atoms with Gasteiger partial charge in [-0.15, -0.1) is 0 Å². The van der Waals surface area contributed by atoms with Crippen LogP contribution < -0.4 is 5.32 Å². The predicted octanol–water partition coefficient (Wildman–Crippen LogP) is 1.72. The number of hydrogen-bond acceptors (Lipinski definition) is 2. The van der Waals surface area contributed by atoms with Gasteiger partial charge < -0.3 is 5.32 Å². The first-order chi connectivity index (χ1) is 6.20. The molecule has 1 aliphatic carbocycles. The summed E-state index contributed by atoms with van der Waals surface area (Å²) in [6.07, 6.45) is 4.24. The zero-order valence-electron chi connectivity index (χ0n) is 8.97. The Hall–Kier alpha value is -0.0800. The van der Waals surface area contributed by atoms with Crippen molar-refractivity contribution in [3.63, 3.8) is 0 Å². The van der Waals surface area contributed by atoms with Crippen LogP contribution in [0.5, 0.6) is 0 Å². The van der Waals surface area contributed by atoms with Crippen molar-refractivity contribution in [2.45, 2.75) is 38.6 Å². The average Bonchev–Trinajstić information content (AvgIpc) is 2.01. The minimum absolute atomic E-state index is 0. The molecule has 1 heterocycles. The molecule has 0 bridgehead atoms. The van der Waals surface area contributed by atoms with E-state index in [1.54, 1.807) is 0 Å². The molecule has 1 spiro atoms. The maximum atomic E-state index is 3.69. The highest BCUT2D eigenvalue weighted by Crippen LogP contribution is 2.34. The number of hydrogen-bond donors (Lipinski definition) is 1. The van der Waals surface area contributed by atoms with Gasteiger partial charge in [0.2, 0.25) is 0 Å². The molecule has 1 saturated carbocycles. The molecule has 0 aromatic heterocycles. The second kappa shape index (κ2) is 3.58. The van der Waals surface area contributed by atoms with E-state index in [4.69, 9.17) is 0 Å². The highest BCUT2D eigenvalue weighted by Gasteiger charge is 2.40. The molecule has 2 fully saturated rings. The van der Waals surface area contributed by atoms with Crippen molar-refractivity contribution in [1.82, 2.24) is 10.2 Å². The smallest absolute Gasteiger partial charge is 0.0309 e. The Labute approximate surface area is 83.2 Å². The molecule has 0 unspecified atom stereocenters. The fourth-order valence-electron chi connectivity index (χ4n) is 2.65. The van der Waals surface area contributed by atoms with Crippen molar-refractivity contribution >= 4 is 0 Å². The zero-order chi connectivity index (χ0) is 9.31. The van der Waals surface area contributed by atoms with Crippen molar-refractivity contribution < 1.29 is 1.43 Å². The lowest BCUT2D eigenvalue weighted by Gasteiger charge is -2.50. The van der Waals surface area contributed by atoms with Crippen molar-refractivity contribution in [2.24, 2.45) is 5.92 Å². The third kappa shape index (κ3) is 2.05. The third-order valence-electron chi connectivity index (χ3n) is 3.39. The summed E-state index contributed by atoms with van der Waals surface area (Å²) in [6, 6.07) is 0. The third-order valence-corrected chi connectivity index (χ3v) is 3.39. The molecule has 2 rings (SSSR count). The normalized spacial score (nSPS) is 27.9. The molecular formula is C11H24N2. The highest BCUT2D eigenvalue weighted by atomic mass is 15.2. The van der Waals surface area contributed by atoms with Crippen LogP contribution in [0.4, 0.5) is 0 Å². The van der Waals surface area contributed by atoms with Crippen LogP contribution >= 0.6 is 0 Å². The quantitative estimate of drug-likeness (QED) is 0.703. The van der Waals surface area contributed by atoms with E-state index in [1.165, 1.54) is 45.4 Å². The molecule has 78 valence electrons. The molecule has 1 saturated heterocycles. The van der Waals surface area contributed by atoms with Gasteiger partial charge in [0, 0.05) is 33.1 Å². The Kier molecular flexibility index (Phi) is 2.61. The lowest BCUT2D eigenvalue weighted by atomic mass is 9.75. The largest absolute Gasteiger partial charge is 0.309 e. The van der Waals surface area contributed by atoms with Crippen LogP contribution in [0.1, 0.15) is 34.5 Å². The Morgan fingerprint density at radius 3 is 2.77 bits per heavy atom. The van der Waals surface area contributed by atoms with Gasteiger partial charge in [-0.25, -0.2) is 0 Å². The SMILES string of the molecule is CC(C)CN1CCNC2(CCC2)C1.[HH]. The van der Waals surface area contributed by atoms with Crippen LogP contribution in [0.15, 0.2) is 0 Å². The maximum Gasteiger partial charge on any atom is 0.0309 e. The summed E-state index contributed by atoms with van der Waals surface area (Å²) < 4.78 is 0. The zero-order valence-corrected chi connectivity index (χ0v) is 8.97. The second-order valence-corrected chi connectivity index (χ2v) is 5.19. The number of nitrogens with zero attached hydrogens (tertiary/aromatic N) is 1. The van der Waals surface area contributed by atoms with Crippen molar-refractivity contribution in [3.05, 3.63) is 0 Å². The molecule has 13 heavy (non-hydrogen) atoms. The molecule has 0 radical (unpaired) electrons. The Morgan fingerprint density at radius 1 is 1.46 bits per heavy atom. The summed E-state index contributed by atoms with van der Waals surface area (Å²) in [5.41, 5.74) is 0.535. The minimum Gasteiger partial charge on any atom is -0.309 e. The van der Waals surface area contributed by atoms with Gasteiger partial charge in [0.05, 0.1) is 0 Å². The number of rotatable bonds is 2. The Balaban J connectivity index is 0.000000980. The van der Waals surface area contributed by atoms with Gasteiger partial charge in [0.15, 0.2) is 0 Å². The minimum atomic E-state index is 0. The molecule has 1 aliphatic heterocycles. The summed E-state index contributed by atoms with van der Waals surface area (Å²) >= 11 is 0. The topological polar surface area (TPSA) is 15.3 Å². The van der Waals surface area contributed by atoms with E-state index in [1.807, 2.05) is 0 Å². The van der Waals surface area contributed by atoms with Crippen molar-refractivity contribution in [3.8, 4) is 0 Å². The lowest BCUT2D eigenvalue weighted by molar-refractivity contribution is 0.0645. The van der Waals surface area contributed by atoms with Gasteiger partial charge in [-0.2, -0.15) is 0 Å². The van der Waals surface area contributed by atoms with Crippen LogP contribution in [0.3, 0.4) is 0 Å². The Bertz CT molecular complexity index is 178. The molecule has 0 amide bonds. The van der Waals surface area contributed by atoms with E-state index in [0.29, 0.717) is 5.54 Å². The van der Waals surface area contributed by atoms with Gasteiger partial charge in [0.1, 0.15) is 0 Å². The first-order valence-electron chi connectivity index (χ1n) is 5.68. The lowest BCUT2D eigenvalue weighted by Crippen LogP contribution is -2.64. The van der Waals surface area contributed by atoms with E-state index < -0.39 is 0 Å². The Morgan fingerprint density at radius 2 is 2.23 bits per heavy atom. The van der Waals surface area contributed by atoms with Crippen LogP contribution in [0, 0.1) is 5.92 Å². The molecule has 2 nitrogen and oxygen atoms in total. The fraction of sp³-hybridized carbons (Fsp3) is 1.00. The summed E-state index contributed by atoms with van der Waals surface area (Å²) in [5.74, 6) is 0.815. The van der Waals surface area contributed by atoms with Gasteiger partial charge >= 0.3 is 0 Å². The van der Waals surface area contributed by atoms with Gasteiger partial charge in [-0.05, 0) is 25.2 Å². The van der Waals surface area contributed by atoms with Crippen LogP contribution in [-0.2, 0) is 0 Å². The fourth-order valence-corrected chi connectivity index (χ4v) is 2.65. The maximum absolute atomic E-state index is 3.69. The van der Waals surface area contributed by atoms with E-state index in [-0.39, 0.29) is 1.43 Å². The number of nitrogens with one attached hydrogen (secondary N) is 1. The standard InChI is InChI=1S/C11H22N2.H2/c1-10(2)8-13-7-6-12-11(9-13)4-3-5-11;/h10,12H,3-9H2,1-2H3;1H. The van der Waals surface area contributed by atoms with Crippen LogP contribution in [0.2, 0.25) is 0 Å². The van der Waals surface area contributed by atoms with E-state index in [2.05, 4.69) is 24.1 Å². The summed E-state index contributed by atoms with van der Waals surface area (Å²) in [5, 5.41) is 3.69. The van der Waals surface area contributed by atoms with Crippen molar-refractivity contribution in [2.75, 3.05) is 26.2 Å². The van der Waals surface area contributed by atoms with Crippen molar-refractivity contribution in [1.29, 1.82) is 0 Å². The highest BCUT2D eigenvalue weighted by molar-refractivity contribution is 5.00. The molecule has 0 aromatic rings. The van der Waals surface area contributed by atoms with Gasteiger partial charge in [0.25, 0.3) is 0 Å². The van der Waals surface area contributed by atoms with Crippen LogP contribution in [-0.4, -0.2) is 36.6 Å².